The predicted molar refractivity (Wildman–Crippen MR) is 94.2 cm³/mol. The Kier molecular flexibility index (Phi) is 4.08. The first-order valence-electron chi connectivity index (χ1n) is 8.12. The summed E-state index contributed by atoms with van der Waals surface area (Å²) in [5, 5.41) is 0. The molecule has 5 nitrogen and oxygen atoms in total. The summed E-state index contributed by atoms with van der Waals surface area (Å²) in [4.78, 5) is 24.6. The second-order valence-electron chi connectivity index (χ2n) is 5.89. The molecule has 0 aliphatic carbocycles. The molecule has 0 fully saturated rings. The van der Waals surface area contributed by atoms with Gasteiger partial charge in [-0.25, -0.2) is 9.18 Å². The molecule has 2 heterocycles. The minimum Gasteiger partial charge on any atom is -0.457 e. The van der Waals surface area contributed by atoms with Crippen LogP contribution < -0.4 is 9.47 Å². The Hall–Kier alpha value is -3.67. The summed E-state index contributed by atoms with van der Waals surface area (Å²) in [7, 11) is 0. The molecule has 0 atom stereocenters. The average molecular weight is 364 g/mol. The van der Waals surface area contributed by atoms with Crippen LogP contribution >= 0.6 is 0 Å². The third-order valence-corrected chi connectivity index (χ3v) is 4.15. The van der Waals surface area contributed by atoms with Gasteiger partial charge in [0.15, 0.2) is 5.76 Å². The fourth-order valence-electron chi connectivity index (χ4n) is 2.76. The van der Waals surface area contributed by atoms with E-state index in [1.807, 2.05) is 0 Å². The molecule has 0 saturated carbocycles. The lowest BCUT2D eigenvalue weighted by Crippen LogP contribution is -2.08. The van der Waals surface area contributed by atoms with Gasteiger partial charge in [0, 0.05) is 11.1 Å². The lowest BCUT2D eigenvalue weighted by Gasteiger charge is -2.09. The zero-order chi connectivity index (χ0) is 19.0. The molecule has 4 rings (SSSR count). The van der Waals surface area contributed by atoms with Crippen LogP contribution in [0, 0.1) is 12.7 Å². The van der Waals surface area contributed by atoms with Crippen LogP contribution in [0.3, 0.4) is 0 Å². The van der Waals surface area contributed by atoms with Crippen molar-refractivity contribution in [3.05, 3.63) is 88.8 Å². The van der Waals surface area contributed by atoms with E-state index in [2.05, 4.69) is 0 Å². The van der Waals surface area contributed by atoms with E-state index >= 15 is 0 Å². The summed E-state index contributed by atoms with van der Waals surface area (Å²) >= 11 is 0. The molecule has 0 unspecified atom stereocenters. The Labute approximate surface area is 153 Å². The van der Waals surface area contributed by atoms with Gasteiger partial charge in [0.25, 0.3) is 0 Å². The Morgan fingerprint density at radius 2 is 1.93 bits per heavy atom. The van der Waals surface area contributed by atoms with Crippen molar-refractivity contribution < 1.29 is 27.9 Å². The van der Waals surface area contributed by atoms with Crippen LogP contribution in [0.4, 0.5) is 4.39 Å². The molecule has 6 heteroatoms. The standard InChI is InChI=1S/C21H13FO5/c1-12-16(27-21(24)17-7-4-10-25-17)9-8-14-19(23)18(26-20(12)14)11-13-5-2-3-6-15(13)22/h2-11H,1H3/b18-11-. The van der Waals surface area contributed by atoms with Gasteiger partial charge in [-0.15, -0.1) is 0 Å². The molecule has 0 N–H and O–H groups in total. The Morgan fingerprint density at radius 1 is 1.11 bits per heavy atom. The highest BCUT2D eigenvalue weighted by atomic mass is 19.1. The number of carbonyl (C=O) groups excluding carboxylic acids is 2. The summed E-state index contributed by atoms with van der Waals surface area (Å²) in [6.45, 7) is 1.67. The third kappa shape index (κ3) is 3.01. The lowest BCUT2D eigenvalue weighted by molar-refractivity contribution is 0.0700. The number of benzene rings is 2. The molecule has 134 valence electrons. The van der Waals surface area contributed by atoms with Crippen molar-refractivity contribution in [1.29, 1.82) is 0 Å². The topological polar surface area (TPSA) is 65.7 Å². The zero-order valence-electron chi connectivity index (χ0n) is 14.2. The van der Waals surface area contributed by atoms with E-state index in [4.69, 9.17) is 13.9 Å². The second-order valence-corrected chi connectivity index (χ2v) is 5.89. The summed E-state index contributed by atoms with van der Waals surface area (Å²) in [6, 6.07) is 12.2. The largest absolute Gasteiger partial charge is 0.457 e. The Balaban J connectivity index is 1.65. The van der Waals surface area contributed by atoms with Gasteiger partial charge in [0.2, 0.25) is 11.5 Å². The maximum atomic E-state index is 13.8. The molecule has 0 saturated heterocycles. The number of rotatable bonds is 3. The number of ketones is 1. The molecule has 1 aliphatic heterocycles. The van der Waals surface area contributed by atoms with Gasteiger partial charge in [-0.1, -0.05) is 18.2 Å². The van der Waals surface area contributed by atoms with Crippen molar-refractivity contribution in [2.24, 2.45) is 0 Å². The van der Waals surface area contributed by atoms with Gasteiger partial charge in [-0.05, 0) is 43.3 Å². The number of allylic oxidation sites excluding steroid dienone is 1. The van der Waals surface area contributed by atoms with E-state index in [-0.39, 0.29) is 34.4 Å². The highest BCUT2D eigenvalue weighted by Gasteiger charge is 2.31. The molecular weight excluding hydrogens is 351 g/mol. The minimum atomic E-state index is -0.658. The summed E-state index contributed by atoms with van der Waals surface area (Å²) < 4.78 is 29.8. The molecule has 0 bridgehead atoms. The fourth-order valence-corrected chi connectivity index (χ4v) is 2.76. The normalized spacial score (nSPS) is 14.1. The van der Waals surface area contributed by atoms with Crippen molar-refractivity contribution in [3.63, 3.8) is 0 Å². The van der Waals surface area contributed by atoms with Gasteiger partial charge in [-0.2, -0.15) is 0 Å². The van der Waals surface area contributed by atoms with Crippen molar-refractivity contribution in [3.8, 4) is 11.5 Å². The van der Waals surface area contributed by atoms with E-state index in [0.717, 1.165) is 0 Å². The smallest absolute Gasteiger partial charge is 0.379 e. The predicted octanol–water partition coefficient (Wildman–Crippen LogP) is 4.56. The van der Waals surface area contributed by atoms with Crippen molar-refractivity contribution >= 4 is 17.8 Å². The monoisotopic (exact) mass is 364 g/mol. The molecule has 2 aromatic carbocycles. The van der Waals surface area contributed by atoms with E-state index < -0.39 is 11.8 Å². The number of carbonyl (C=O) groups is 2. The van der Waals surface area contributed by atoms with Crippen molar-refractivity contribution in [2.75, 3.05) is 0 Å². The van der Waals surface area contributed by atoms with Gasteiger partial charge < -0.3 is 13.9 Å². The van der Waals surface area contributed by atoms with Crippen molar-refractivity contribution in [1.82, 2.24) is 0 Å². The Morgan fingerprint density at radius 3 is 2.67 bits per heavy atom. The summed E-state index contributed by atoms with van der Waals surface area (Å²) in [5.41, 5.74) is 1.06. The number of fused-ring (bicyclic) bond motifs is 1. The van der Waals surface area contributed by atoms with Gasteiger partial charge in [0.05, 0.1) is 11.8 Å². The van der Waals surface area contributed by atoms with Gasteiger partial charge in [0.1, 0.15) is 17.3 Å². The highest BCUT2D eigenvalue weighted by Crippen LogP contribution is 2.39. The molecule has 0 spiro atoms. The maximum Gasteiger partial charge on any atom is 0.379 e. The van der Waals surface area contributed by atoms with Gasteiger partial charge >= 0.3 is 5.97 Å². The molecule has 27 heavy (non-hydrogen) atoms. The summed E-state index contributed by atoms with van der Waals surface area (Å²) in [5.74, 6) is -0.876. The minimum absolute atomic E-state index is 0.00714. The molecule has 3 aromatic rings. The number of esters is 1. The van der Waals surface area contributed by atoms with Crippen LogP contribution in [0.25, 0.3) is 6.08 Å². The van der Waals surface area contributed by atoms with Crippen LogP contribution in [-0.4, -0.2) is 11.8 Å². The maximum absolute atomic E-state index is 13.8. The number of Topliss-reactive ketones (excluding diaryl/α,β-unsaturated/α-hetero) is 1. The van der Waals surface area contributed by atoms with Crippen LogP contribution in [0.1, 0.15) is 32.0 Å². The van der Waals surface area contributed by atoms with Crippen LogP contribution in [-0.2, 0) is 0 Å². The van der Waals surface area contributed by atoms with E-state index in [1.165, 1.54) is 36.6 Å². The Bertz CT molecular complexity index is 1080. The molecule has 0 radical (unpaired) electrons. The number of hydrogen-bond acceptors (Lipinski definition) is 5. The van der Waals surface area contributed by atoms with Crippen LogP contribution in [0.2, 0.25) is 0 Å². The van der Waals surface area contributed by atoms with Crippen LogP contribution in [0.15, 0.2) is 65.0 Å². The second kappa shape index (κ2) is 6.57. The van der Waals surface area contributed by atoms with E-state index in [0.29, 0.717) is 11.1 Å². The van der Waals surface area contributed by atoms with E-state index in [9.17, 15) is 14.0 Å². The van der Waals surface area contributed by atoms with Crippen molar-refractivity contribution in [2.45, 2.75) is 6.92 Å². The average Bonchev–Trinajstić information content (AvgIpc) is 3.29. The molecular formula is C21H13FO5. The molecule has 1 aliphatic rings. The zero-order valence-corrected chi connectivity index (χ0v) is 14.2. The number of hydrogen-bond donors (Lipinski definition) is 0. The van der Waals surface area contributed by atoms with Gasteiger partial charge in [-0.3, -0.25) is 4.79 Å². The van der Waals surface area contributed by atoms with E-state index in [1.54, 1.807) is 31.2 Å². The first kappa shape index (κ1) is 16.8. The fraction of sp³-hybridized carbons (Fsp3) is 0.0476. The highest BCUT2D eigenvalue weighted by molar-refractivity contribution is 6.15. The number of halogens is 1. The number of ether oxygens (including phenoxy) is 2. The quantitative estimate of drug-likeness (QED) is 0.387. The SMILES string of the molecule is Cc1c(OC(=O)c2ccco2)ccc2c1O/C(=C\c1ccccc1F)C2=O. The number of furan rings is 1. The molecule has 0 amide bonds. The van der Waals surface area contributed by atoms with Crippen LogP contribution in [0.5, 0.6) is 11.5 Å². The first-order valence-corrected chi connectivity index (χ1v) is 8.12. The lowest BCUT2D eigenvalue weighted by atomic mass is 10.1. The molecule has 1 aromatic heterocycles. The first-order chi connectivity index (χ1) is 13.0. The third-order valence-electron chi connectivity index (χ3n) is 4.15. The summed E-state index contributed by atoms with van der Waals surface area (Å²) in [6.07, 6.45) is 2.72.